The van der Waals surface area contributed by atoms with Gasteiger partial charge in [-0.05, 0) is 56.0 Å². The van der Waals surface area contributed by atoms with E-state index in [0.717, 1.165) is 23.5 Å². The predicted octanol–water partition coefficient (Wildman–Crippen LogP) is 3.46. The van der Waals surface area contributed by atoms with E-state index in [1.54, 1.807) is 12.4 Å². The van der Waals surface area contributed by atoms with Gasteiger partial charge in [-0.3, -0.25) is 9.88 Å². The van der Waals surface area contributed by atoms with Crippen LogP contribution in [0.1, 0.15) is 18.1 Å². The normalized spacial score (nSPS) is 10.8. The van der Waals surface area contributed by atoms with E-state index in [1.165, 1.54) is 0 Å². The first-order chi connectivity index (χ1) is 12.6. The number of benzene rings is 1. The molecule has 0 unspecified atom stereocenters. The standard InChI is InChI=1S/C19H20N6S/c1-3-24-18(17-7-9-21-10-8-17)22-25(19(24)26)14-23(2)13-16-6-4-5-15(11-16)12-20/h4-11H,3,13-14H2,1-2H3. The Morgan fingerprint density at radius 2 is 2.00 bits per heavy atom. The fraction of sp³-hybridized carbons (Fsp3) is 0.263. The zero-order chi connectivity index (χ0) is 18.5. The highest BCUT2D eigenvalue weighted by Gasteiger charge is 2.13. The van der Waals surface area contributed by atoms with Crippen molar-refractivity contribution in [3.8, 4) is 17.5 Å². The molecule has 0 saturated heterocycles. The summed E-state index contributed by atoms with van der Waals surface area (Å²) in [5, 5.41) is 13.8. The van der Waals surface area contributed by atoms with Gasteiger partial charge in [-0.2, -0.15) is 10.4 Å². The second-order valence-corrected chi connectivity index (χ2v) is 6.42. The van der Waals surface area contributed by atoms with E-state index >= 15 is 0 Å². The Morgan fingerprint density at radius 1 is 1.23 bits per heavy atom. The van der Waals surface area contributed by atoms with Crippen molar-refractivity contribution in [3.05, 3.63) is 64.7 Å². The van der Waals surface area contributed by atoms with Crippen molar-refractivity contribution in [1.29, 1.82) is 5.26 Å². The smallest absolute Gasteiger partial charge is 0.199 e. The van der Waals surface area contributed by atoms with Crippen molar-refractivity contribution < 1.29 is 0 Å². The molecular formula is C19H20N6S. The summed E-state index contributed by atoms with van der Waals surface area (Å²) in [6.45, 7) is 4.09. The van der Waals surface area contributed by atoms with E-state index in [9.17, 15) is 0 Å². The van der Waals surface area contributed by atoms with Crippen LogP contribution in [0.2, 0.25) is 0 Å². The summed E-state index contributed by atoms with van der Waals surface area (Å²) >= 11 is 5.61. The lowest BCUT2D eigenvalue weighted by Gasteiger charge is -2.16. The minimum atomic E-state index is 0.570. The number of nitrogens with zero attached hydrogens (tertiary/aromatic N) is 6. The summed E-state index contributed by atoms with van der Waals surface area (Å²) < 4.78 is 4.55. The maximum atomic E-state index is 9.04. The van der Waals surface area contributed by atoms with Gasteiger partial charge in [0, 0.05) is 31.0 Å². The molecule has 132 valence electrons. The fourth-order valence-corrected chi connectivity index (χ4v) is 3.18. The van der Waals surface area contributed by atoms with Crippen LogP contribution in [0.15, 0.2) is 48.8 Å². The molecule has 2 heterocycles. The summed E-state index contributed by atoms with van der Waals surface area (Å²) in [6.07, 6.45) is 3.51. The molecule has 0 aliphatic carbocycles. The Hall–Kier alpha value is -2.82. The maximum Gasteiger partial charge on any atom is 0.199 e. The second kappa shape index (κ2) is 8.04. The molecule has 0 spiro atoms. The SMILES string of the molecule is CCn1c(-c2ccncc2)nn(CN(C)Cc2cccc(C#N)c2)c1=S. The molecule has 1 aromatic carbocycles. The molecule has 2 aromatic heterocycles. The van der Waals surface area contributed by atoms with Crippen LogP contribution < -0.4 is 0 Å². The third kappa shape index (κ3) is 3.87. The van der Waals surface area contributed by atoms with Crippen LogP contribution in [-0.2, 0) is 19.8 Å². The van der Waals surface area contributed by atoms with E-state index in [4.69, 9.17) is 22.6 Å². The Kier molecular flexibility index (Phi) is 5.56. The minimum Gasteiger partial charge on any atom is -0.300 e. The Morgan fingerprint density at radius 3 is 2.69 bits per heavy atom. The van der Waals surface area contributed by atoms with Gasteiger partial charge >= 0.3 is 0 Å². The van der Waals surface area contributed by atoms with Crippen molar-refractivity contribution in [2.24, 2.45) is 0 Å². The van der Waals surface area contributed by atoms with E-state index in [1.807, 2.05) is 52.7 Å². The van der Waals surface area contributed by atoms with E-state index in [-0.39, 0.29) is 0 Å². The van der Waals surface area contributed by atoms with Crippen LogP contribution in [0.4, 0.5) is 0 Å². The molecule has 0 aliphatic rings. The lowest BCUT2D eigenvalue weighted by molar-refractivity contribution is 0.244. The summed E-state index contributed by atoms with van der Waals surface area (Å²) in [4.78, 5) is 6.18. The molecule has 0 N–H and O–H groups in total. The minimum absolute atomic E-state index is 0.570. The van der Waals surface area contributed by atoms with Gasteiger partial charge in [0.15, 0.2) is 10.6 Å². The Balaban J connectivity index is 1.82. The molecule has 0 aliphatic heterocycles. The summed E-state index contributed by atoms with van der Waals surface area (Å²) in [6, 6.07) is 13.7. The van der Waals surface area contributed by atoms with Crippen molar-refractivity contribution in [2.75, 3.05) is 7.05 Å². The van der Waals surface area contributed by atoms with Crippen LogP contribution in [0.25, 0.3) is 11.4 Å². The summed E-state index contributed by atoms with van der Waals surface area (Å²) in [5.41, 5.74) is 2.75. The number of nitriles is 1. The molecule has 0 amide bonds. The van der Waals surface area contributed by atoms with Crippen molar-refractivity contribution >= 4 is 12.2 Å². The molecule has 26 heavy (non-hydrogen) atoms. The molecule has 7 heteroatoms. The molecule has 0 radical (unpaired) electrons. The van der Waals surface area contributed by atoms with Gasteiger partial charge in [0.05, 0.1) is 18.3 Å². The van der Waals surface area contributed by atoms with Crippen LogP contribution in [0.5, 0.6) is 0 Å². The highest BCUT2D eigenvalue weighted by molar-refractivity contribution is 7.71. The molecule has 3 rings (SSSR count). The highest BCUT2D eigenvalue weighted by atomic mass is 32.1. The molecule has 0 fully saturated rings. The molecule has 3 aromatic rings. The number of hydrogen-bond donors (Lipinski definition) is 0. The number of hydrogen-bond acceptors (Lipinski definition) is 5. The largest absolute Gasteiger partial charge is 0.300 e. The predicted molar refractivity (Wildman–Crippen MR) is 103 cm³/mol. The van der Waals surface area contributed by atoms with Crippen molar-refractivity contribution in [3.63, 3.8) is 0 Å². The van der Waals surface area contributed by atoms with Gasteiger partial charge in [0.25, 0.3) is 0 Å². The first-order valence-electron chi connectivity index (χ1n) is 8.38. The third-order valence-electron chi connectivity index (χ3n) is 4.06. The van der Waals surface area contributed by atoms with Crippen LogP contribution in [0, 0.1) is 16.1 Å². The van der Waals surface area contributed by atoms with Gasteiger partial charge in [-0.25, -0.2) is 4.68 Å². The first-order valence-corrected chi connectivity index (χ1v) is 8.78. The highest BCUT2D eigenvalue weighted by Crippen LogP contribution is 2.18. The van der Waals surface area contributed by atoms with Gasteiger partial charge in [0.2, 0.25) is 0 Å². The lowest BCUT2D eigenvalue weighted by atomic mass is 10.1. The van der Waals surface area contributed by atoms with Gasteiger partial charge in [-0.15, -0.1) is 0 Å². The number of aromatic nitrogens is 4. The molecule has 6 nitrogen and oxygen atoms in total. The first kappa shape index (κ1) is 18.0. The average molecular weight is 364 g/mol. The van der Waals surface area contributed by atoms with E-state index in [0.29, 0.717) is 23.5 Å². The van der Waals surface area contributed by atoms with Gasteiger partial charge in [0.1, 0.15) is 0 Å². The molecular weight excluding hydrogens is 344 g/mol. The second-order valence-electron chi connectivity index (χ2n) is 6.05. The van der Waals surface area contributed by atoms with Crippen molar-refractivity contribution in [1.82, 2.24) is 24.2 Å². The monoisotopic (exact) mass is 364 g/mol. The van der Waals surface area contributed by atoms with Crippen LogP contribution >= 0.6 is 12.2 Å². The third-order valence-corrected chi connectivity index (χ3v) is 4.49. The molecule has 0 saturated carbocycles. The van der Waals surface area contributed by atoms with E-state index in [2.05, 4.69) is 22.9 Å². The summed E-state index contributed by atoms with van der Waals surface area (Å²) in [7, 11) is 2.01. The van der Waals surface area contributed by atoms with Gasteiger partial charge < -0.3 is 4.57 Å². The zero-order valence-corrected chi connectivity index (χ0v) is 15.6. The van der Waals surface area contributed by atoms with Crippen molar-refractivity contribution in [2.45, 2.75) is 26.7 Å². The Bertz CT molecular complexity index is 983. The lowest BCUT2D eigenvalue weighted by Crippen LogP contribution is -2.22. The molecule has 0 bridgehead atoms. The maximum absolute atomic E-state index is 9.04. The molecule has 0 atom stereocenters. The van der Waals surface area contributed by atoms with Crippen LogP contribution in [0.3, 0.4) is 0 Å². The van der Waals surface area contributed by atoms with Crippen LogP contribution in [-0.4, -0.2) is 31.3 Å². The quantitative estimate of drug-likeness (QED) is 0.627. The summed E-state index contributed by atoms with van der Waals surface area (Å²) in [5.74, 6) is 0.847. The van der Waals surface area contributed by atoms with Gasteiger partial charge in [-0.1, -0.05) is 12.1 Å². The number of pyridine rings is 1. The Labute approximate surface area is 158 Å². The fourth-order valence-electron chi connectivity index (χ4n) is 2.86. The zero-order valence-electron chi connectivity index (χ0n) is 14.8. The number of rotatable bonds is 6. The topological polar surface area (TPSA) is 62.7 Å². The van der Waals surface area contributed by atoms with E-state index < -0.39 is 0 Å². The average Bonchev–Trinajstić information content (AvgIpc) is 2.98.